The highest BCUT2D eigenvalue weighted by atomic mass is 32.2. The van der Waals surface area contributed by atoms with Crippen molar-refractivity contribution in [1.29, 1.82) is 0 Å². The molecule has 0 spiro atoms. The first-order chi connectivity index (χ1) is 10.7. The fourth-order valence-electron chi connectivity index (χ4n) is 2.44. The summed E-state index contributed by atoms with van der Waals surface area (Å²) in [5, 5.41) is 9.63. The van der Waals surface area contributed by atoms with E-state index in [0.29, 0.717) is 0 Å². The highest BCUT2D eigenvalue weighted by Crippen LogP contribution is 2.26. The predicted octanol–water partition coefficient (Wildman–Crippen LogP) is 4.09. The molecule has 0 radical (unpaired) electrons. The molecule has 0 aliphatic rings. The molecule has 0 aliphatic carbocycles. The molecule has 0 fully saturated rings. The van der Waals surface area contributed by atoms with E-state index in [1.165, 1.54) is 5.69 Å². The van der Waals surface area contributed by atoms with Crippen molar-refractivity contribution in [2.75, 3.05) is 23.7 Å². The van der Waals surface area contributed by atoms with Crippen LogP contribution in [0.5, 0.6) is 0 Å². The first-order valence-electron chi connectivity index (χ1n) is 7.77. The molecule has 2 rings (SSSR count). The zero-order chi connectivity index (χ0) is 15.9. The van der Waals surface area contributed by atoms with Crippen molar-refractivity contribution in [2.24, 2.45) is 0 Å². The van der Waals surface area contributed by atoms with Crippen LogP contribution < -0.4 is 4.90 Å². The molecule has 0 N–H and O–H groups in total. The first-order valence-corrected chi connectivity index (χ1v) is 8.75. The molecular weight excluding hydrogens is 292 g/mol. The zero-order valence-electron chi connectivity index (χ0n) is 13.6. The van der Waals surface area contributed by atoms with Crippen LogP contribution in [0, 0.1) is 0 Å². The number of anilines is 1. The molecule has 0 bridgehead atoms. The van der Waals surface area contributed by atoms with E-state index in [9.17, 15) is 0 Å². The number of benzene rings is 1. The lowest BCUT2D eigenvalue weighted by Crippen LogP contribution is -2.21. The van der Waals surface area contributed by atoms with Crippen LogP contribution in [-0.2, 0) is 6.54 Å². The van der Waals surface area contributed by atoms with Crippen molar-refractivity contribution < 1.29 is 0 Å². The molecule has 118 valence electrons. The molecule has 22 heavy (non-hydrogen) atoms. The fourth-order valence-corrected chi connectivity index (χ4v) is 3.17. The molecule has 4 nitrogen and oxygen atoms in total. The van der Waals surface area contributed by atoms with E-state index < -0.39 is 0 Å². The van der Waals surface area contributed by atoms with Crippen molar-refractivity contribution in [3.8, 4) is 11.4 Å². The average molecular weight is 316 g/mol. The van der Waals surface area contributed by atoms with Crippen LogP contribution in [0.25, 0.3) is 11.4 Å². The third-order valence-electron chi connectivity index (χ3n) is 3.62. The normalized spacial score (nSPS) is 10.7. The van der Waals surface area contributed by atoms with Gasteiger partial charge in [0, 0.05) is 36.6 Å². The number of nitrogens with zero attached hydrogens (tertiary/aromatic N) is 4. The van der Waals surface area contributed by atoms with Gasteiger partial charge in [-0.2, -0.15) is 0 Å². The van der Waals surface area contributed by atoms with Crippen LogP contribution in [0.3, 0.4) is 0 Å². The lowest BCUT2D eigenvalue weighted by atomic mass is 10.2. The maximum Gasteiger partial charge on any atom is 0.191 e. The van der Waals surface area contributed by atoms with Crippen LogP contribution in [0.2, 0.25) is 0 Å². The molecule has 1 heterocycles. The first kappa shape index (κ1) is 16.6. The van der Waals surface area contributed by atoms with Crippen LogP contribution in [0.1, 0.15) is 20.8 Å². The minimum atomic E-state index is 0.846. The molecule has 0 amide bonds. The van der Waals surface area contributed by atoms with Crippen LogP contribution >= 0.6 is 11.8 Å². The van der Waals surface area contributed by atoms with Crippen molar-refractivity contribution in [1.82, 2.24) is 14.8 Å². The molecule has 1 aromatic heterocycles. The Morgan fingerprint density at radius 2 is 1.82 bits per heavy atom. The minimum absolute atomic E-state index is 0.846. The number of rotatable bonds is 8. The van der Waals surface area contributed by atoms with Gasteiger partial charge < -0.3 is 9.47 Å². The molecular formula is C17H24N4S. The molecule has 0 saturated carbocycles. The summed E-state index contributed by atoms with van der Waals surface area (Å²) >= 11 is 1.67. The van der Waals surface area contributed by atoms with Gasteiger partial charge in [0.15, 0.2) is 11.0 Å². The van der Waals surface area contributed by atoms with E-state index >= 15 is 0 Å². The quantitative estimate of drug-likeness (QED) is 0.542. The molecule has 1 aromatic carbocycles. The van der Waals surface area contributed by atoms with Crippen molar-refractivity contribution >= 4 is 17.4 Å². The smallest absolute Gasteiger partial charge is 0.191 e. The highest BCUT2D eigenvalue weighted by molar-refractivity contribution is 7.99. The van der Waals surface area contributed by atoms with E-state index in [2.05, 4.69) is 71.3 Å². The third-order valence-corrected chi connectivity index (χ3v) is 4.58. The van der Waals surface area contributed by atoms with E-state index in [1.54, 1.807) is 11.8 Å². The Morgan fingerprint density at radius 3 is 2.36 bits per heavy atom. The second-order valence-corrected chi connectivity index (χ2v) is 5.86. The van der Waals surface area contributed by atoms with E-state index in [-0.39, 0.29) is 0 Å². The SMILES string of the molecule is C=CCSc1nnc(-c2ccc(N(CC)CC)cc2)n1CC. The number of thioether (sulfide) groups is 1. The summed E-state index contributed by atoms with van der Waals surface area (Å²) in [5.41, 5.74) is 2.35. The lowest BCUT2D eigenvalue weighted by molar-refractivity contribution is 0.688. The van der Waals surface area contributed by atoms with Crippen LogP contribution in [-0.4, -0.2) is 33.6 Å². The van der Waals surface area contributed by atoms with Crippen molar-refractivity contribution in [3.63, 3.8) is 0 Å². The molecule has 0 atom stereocenters. The van der Waals surface area contributed by atoms with Crippen molar-refractivity contribution in [2.45, 2.75) is 32.5 Å². The summed E-state index contributed by atoms with van der Waals surface area (Å²) in [4.78, 5) is 2.33. The number of hydrogen-bond donors (Lipinski definition) is 0. The number of aromatic nitrogens is 3. The molecule has 0 unspecified atom stereocenters. The van der Waals surface area contributed by atoms with Gasteiger partial charge in [-0.05, 0) is 45.0 Å². The van der Waals surface area contributed by atoms with E-state index in [1.807, 2.05) is 6.08 Å². The maximum absolute atomic E-state index is 4.37. The molecule has 0 saturated heterocycles. The standard InChI is InChI=1S/C17H24N4S/c1-5-13-22-17-19-18-16(21(17)8-4)14-9-11-15(12-10-14)20(6-2)7-3/h5,9-12H,1,6-8,13H2,2-4H3. The third kappa shape index (κ3) is 3.53. The largest absolute Gasteiger partial charge is 0.372 e. The Morgan fingerprint density at radius 1 is 1.14 bits per heavy atom. The second-order valence-electron chi connectivity index (χ2n) is 4.87. The van der Waals surface area contributed by atoms with E-state index in [0.717, 1.165) is 41.9 Å². The zero-order valence-corrected chi connectivity index (χ0v) is 14.4. The minimum Gasteiger partial charge on any atom is -0.372 e. The van der Waals surface area contributed by atoms with Gasteiger partial charge in [0.1, 0.15) is 0 Å². The number of hydrogen-bond acceptors (Lipinski definition) is 4. The van der Waals surface area contributed by atoms with Gasteiger partial charge in [-0.3, -0.25) is 0 Å². The Balaban J connectivity index is 2.28. The van der Waals surface area contributed by atoms with Gasteiger partial charge >= 0.3 is 0 Å². The Labute approximate surface area is 137 Å². The summed E-state index contributed by atoms with van der Waals surface area (Å²) in [6, 6.07) is 8.58. The summed E-state index contributed by atoms with van der Waals surface area (Å²) < 4.78 is 2.15. The maximum atomic E-state index is 4.37. The second kappa shape index (κ2) is 8.03. The van der Waals surface area contributed by atoms with Crippen LogP contribution in [0.4, 0.5) is 5.69 Å². The Bertz CT molecular complexity index is 600. The fraction of sp³-hybridized carbons (Fsp3) is 0.412. The summed E-state index contributed by atoms with van der Waals surface area (Å²) in [7, 11) is 0. The Hall–Kier alpha value is -1.75. The predicted molar refractivity (Wildman–Crippen MR) is 95.6 cm³/mol. The van der Waals surface area contributed by atoms with Crippen molar-refractivity contribution in [3.05, 3.63) is 36.9 Å². The molecule has 2 aromatic rings. The monoisotopic (exact) mass is 316 g/mol. The van der Waals surface area contributed by atoms with Gasteiger partial charge in [0.2, 0.25) is 0 Å². The summed E-state index contributed by atoms with van der Waals surface area (Å²) in [6.07, 6.45) is 1.89. The van der Waals surface area contributed by atoms with Crippen LogP contribution in [0.15, 0.2) is 42.1 Å². The lowest BCUT2D eigenvalue weighted by Gasteiger charge is -2.21. The van der Waals surface area contributed by atoms with Gasteiger partial charge in [-0.25, -0.2) is 0 Å². The van der Waals surface area contributed by atoms with Gasteiger partial charge in [-0.15, -0.1) is 16.8 Å². The summed E-state index contributed by atoms with van der Waals surface area (Å²) in [5.74, 6) is 1.78. The topological polar surface area (TPSA) is 34.0 Å². The van der Waals surface area contributed by atoms with E-state index in [4.69, 9.17) is 0 Å². The van der Waals surface area contributed by atoms with Gasteiger partial charge in [0.25, 0.3) is 0 Å². The highest BCUT2D eigenvalue weighted by Gasteiger charge is 2.13. The Kier molecular flexibility index (Phi) is 6.07. The summed E-state index contributed by atoms with van der Waals surface area (Å²) in [6.45, 7) is 13.1. The molecule has 5 heteroatoms. The molecule has 0 aliphatic heterocycles. The van der Waals surface area contributed by atoms with Gasteiger partial charge in [0.05, 0.1) is 0 Å². The van der Waals surface area contributed by atoms with Gasteiger partial charge in [-0.1, -0.05) is 17.8 Å². The average Bonchev–Trinajstić information content (AvgIpc) is 2.97.